The summed E-state index contributed by atoms with van der Waals surface area (Å²) in [7, 11) is 2.99. The zero-order valence-electron chi connectivity index (χ0n) is 15.6. The maximum absolute atomic E-state index is 12.7. The van der Waals surface area contributed by atoms with Gasteiger partial charge in [0.15, 0.2) is 11.5 Å². The van der Waals surface area contributed by atoms with Crippen molar-refractivity contribution in [2.75, 3.05) is 20.8 Å². The molecule has 2 fully saturated rings. The first kappa shape index (κ1) is 18.1. The monoisotopic (exact) mass is 380 g/mol. The van der Waals surface area contributed by atoms with Crippen molar-refractivity contribution in [3.05, 3.63) is 29.8 Å². The Morgan fingerprint density at radius 3 is 2.21 bits per heavy atom. The molecule has 1 aromatic carbocycles. The van der Waals surface area contributed by atoms with E-state index in [1.807, 2.05) is 0 Å². The van der Waals surface area contributed by atoms with Gasteiger partial charge in [-0.05, 0) is 30.4 Å². The van der Waals surface area contributed by atoms with Gasteiger partial charge in [-0.2, -0.15) is 10.1 Å². The lowest BCUT2D eigenvalue weighted by atomic mass is 9.85. The summed E-state index contributed by atoms with van der Waals surface area (Å²) in [6.45, 7) is 0.0656. The van der Waals surface area contributed by atoms with Crippen LogP contribution in [0.1, 0.15) is 12.0 Å². The minimum atomic E-state index is -0.275. The number of hydrazone groups is 1. The van der Waals surface area contributed by atoms with Crippen LogP contribution in [0, 0.1) is 36.0 Å². The number of rotatable bonds is 6. The summed E-state index contributed by atoms with van der Waals surface area (Å²) in [6, 6.07) is 3.35. The molecule has 0 radical (unpaired) electrons. The first-order chi connectivity index (χ1) is 13.6. The van der Waals surface area contributed by atoms with Gasteiger partial charge in [-0.15, -0.1) is 6.42 Å². The summed E-state index contributed by atoms with van der Waals surface area (Å²) >= 11 is 0. The predicted octanol–water partition coefficient (Wildman–Crippen LogP) is 1.86. The zero-order chi connectivity index (χ0) is 19.8. The van der Waals surface area contributed by atoms with Crippen molar-refractivity contribution < 1.29 is 23.8 Å². The second-order valence-corrected chi connectivity index (χ2v) is 6.98. The molecule has 1 saturated heterocycles. The van der Waals surface area contributed by atoms with Crippen LogP contribution in [-0.2, 0) is 9.59 Å². The molecule has 7 heteroatoms. The van der Waals surface area contributed by atoms with Gasteiger partial charge in [0.25, 0.3) is 11.8 Å². The van der Waals surface area contributed by atoms with E-state index in [-0.39, 0.29) is 42.1 Å². The first-order valence-corrected chi connectivity index (χ1v) is 9.01. The fourth-order valence-electron chi connectivity index (χ4n) is 4.36. The van der Waals surface area contributed by atoms with Crippen LogP contribution < -0.4 is 14.2 Å². The number of nitrogens with zero attached hydrogens (tertiary/aromatic N) is 2. The molecule has 3 aliphatic rings. The van der Waals surface area contributed by atoms with E-state index >= 15 is 0 Å². The van der Waals surface area contributed by atoms with E-state index in [0.717, 1.165) is 11.4 Å². The fraction of sp³-hybridized carbons (Fsp3) is 0.381. The van der Waals surface area contributed by atoms with E-state index in [0.29, 0.717) is 22.8 Å². The van der Waals surface area contributed by atoms with E-state index in [9.17, 15) is 9.59 Å². The van der Waals surface area contributed by atoms with Crippen molar-refractivity contribution in [1.82, 2.24) is 5.01 Å². The molecule has 0 aromatic heterocycles. The van der Waals surface area contributed by atoms with Gasteiger partial charge in [-0.3, -0.25) is 9.59 Å². The number of hydrogen-bond donors (Lipinski definition) is 0. The molecule has 1 heterocycles. The van der Waals surface area contributed by atoms with Crippen LogP contribution in [0.15, 0.2) is 29.4 Å². The van der Waals surface area contributed by atoms with Crippen molar-refractivity contribution in [2.45, 2.75) is 6.42 Å². The number of imide groups is 1. The molecule has 0 N–H and O–H groups in total. The van der Waals surface area contributed by atoms with Crippen molar-refractivity contribution in [3.63, 3.8) is 0 Å². The minimum Gasteiger partial charge on any atom is -0.493 e. The molecule has 1 saturated carbocycles. The lowest BCUT2D eigenvalue weighted by molar-refractivity contribution is -0.140. The molecule has 2 amide bonds. The van der Waals surface area contributed by atoms with Gasteiger partial charge >= 0.3 is 0 Å². The van der Waals surface area contributed by atoms with Gasteiger partial charge < -0.3 is 14.2 Å². The molecule has 0 spiro atoms. The number of ether oxygens (including phenoxy) is 3. The Bertz CT molecular complexity index is 874. The van der Waals surface area contributed by atoms with Gasteiger partial charge in [-0.25, -0.2) is 0 Å². The number of amides is 2. The van der Waals surface area contributed by atoms with E-state index in [1.54, 1.807) is 12.1 Å². The molecule has 1 aromatic rings. The predicted molar refractivity (Wildman–Crippen MR) is 101 cm³/mol. The molecule has 28 heavy (non-hydrogen) atoms. The standard InChI is InChI=1S/C21H20N2O5/c1-4-7-28-19-15(26-2)8-12(9-16(19)27-3)11-22-23-20(24)17-13-5-6-14(10-13)18(17)21(23)25/h1,5-6,8-9,11,13-14,17-18H,7,10H2,2-3H3. The maximum atomic E-state index is 12.7. The third kappa shape index (κ3) is 2.73. The number of methoxy groups -OCH3 is 2. The average Bonchev–Trinajstić information content (AvgIpc) is 3.39. The van der Waals surface area contributed by atoms with Crippen LogP contribution in [-0.4, -0.2) is 43.9 Å². The lowest BCUT2D eigenvalue weighted by Gasteiger charge is -2.14. The van der Waals surface area contributed by atoms with E-state index in [1.165, 1.54) is 20.4 Å². The molecule has 4 atom stereocenters. The highest BCUT2D eigenvalue weighted by Crippen LogP contribution is 2.52. The Morgan fingerprint density at radius 2 is 1.71 bits per heavy atom. The van der Waals surface area contributed by atoms with Gasteiger partial charge in [0.05, 0.1) is 32.3 Å². The van der Waals surface area contributed by atoms with E-state index < -0.39 is 0 Å². The normalized spacial score (nSPS) is 27.4. The molecule has 1 aliphatic heterocycles. The molecular weight excluding hydrogens is 360 g/mol. The van der Waals surface area contributed by atoms with Crippen LogP contribution in [0.4, 0.5) is 0 Å². The van der Waals surface area contributed by atoms with Crippen LogP contribution >= 0.6 is 0 Å². The summed E-state index contributed by atoms with van der Waals surface area (Å²) in [5, 5.41) is 5.18. The summed E-state index contributed by atoms with van der Waals surface area (Å²) < 4.78 is 16.2. The molecule has 2 bridgehead atoms. The first-order valence-electron chi connectivity index (χ1n) is 9.01. The Morgan fingerprint density at radius 1 is 1.14 bits per heavy atom. The maximum Gasteiger partial charge on any atom is 0.254 e. The zero-order valence-corrected chi connectivity index (χ0v) is 15.6. The van der Waals surface area contributed by atoms with Crippen molar-refractivity contribution in [2.24, 2.45) is 28.8 Å². The number of carbonyl (C=O) groups is 2. The Hall–Kier alpha value is -3.27. The Kier molecular flexibility index (Phi) is 4.55. The van der Waals surface area contributed by atoms with Gasteiger partial charge in [-0.1, -0.05) is 18.1 Å². The third-order valence-electron chi connectivity index (χ3n) is 5.55. The third-order valence-corrected chi connectivity index (χ3v) is 5.55. The molecule has 7 nitrogen and oxygen atoms in total. The second-order valence-electron chi connectivity index (χ2n) is 6.98. The topological polar surface area (TPSA) is 77.4 Å². The van der Waals surface area contributed by atoms with Crippen molar-refractivity contribution >= 4 is 18.0 Å². The Balaban J connectivity index is 1.59. The molecular formula is C21H20N2O5. The number of terminal acetylenes is 1. The highest BCUT2D eigenvalue weighted by Gasteiger charge is 2.59. The number of benzene rings is 1. The van der Waals surface area contributed by atoms with Crippen LogP contribution in [0.25, 0.3) is 0 Å². The highest BCUT2D eigenvalue weighted by molar-refractivity contribution is 6.06. The molecule has 144 valence electrons. The quantitative estimate of drug-likeness (QED) is 0.326. The number of allylic oxidation sites excluding steroid dienone is 2. The molecule has 4 rings (SSSR count). The number of fused-ring (bicyclic) bond motifs is 5. The van der Waals surface area contributed by atoms with Crippen LogP contribution in [0.2, 0.25) is 0 Å². The van der Waals surface area contributed by atoms with Gasteiger partial charge in [0.1, 0.15) is 6.61 Å². The summed E-state index contributed by atoms with van der Waals surface area (Å²) in [4.78, 5) is 25.4. The second kappa shape index (κ2) is 7.04. The van der Waals surface area contributed by atoms with Crippen molar-refractivity contribution in [1.29, 1.82) is 0 Å². The van der Waals surface area contributed by atoms with Crippen LogP contribution in [0.3, 0.4) is 0 Å². The minimum absolute atomic E-state index is 0.0656. The number of carbonyl (C=O) groups excluding carboxylic acids is 2. The Labute approximate surface area is 162 Å². The summed E-state index contributed by atoms with van der Waals surface area (Å²) in [5.41, 5.74) is 0.598. The SMILES string of the molecule is C#CCOc1c(OC)cc(C=NN2C(=O)C3C4C=CC(C4)C3C2=O)cc1OC. The van der Waals surface area contributed by atoms with Crippen molar-refractivity contribution in [3.8, 4) is 29.6 Å². The lowest BCUT2D eigenvalue weighted by Crippen LogP contribution is -2.28. The van der Waals surface area contributed by atoms with Crippen LogP contribution in [0.5, 0.6) is 17.2 Å². The molecule has 4 unspecified atom stereocenters. The smallest absolute Gasteiger partial charge is 0.254 e. The van der Waals surface area contributed by atoms with E-state index in [2.05, 4.69) is 23.2 Å². The fourth-order valence-corrected chi connectivity index (χ4v) is 4.36. The summed E-state index contributed by atoms with van der Waals surface area (Å²) in [6.07, 6.45) is 11.7. The largest absolute Gasteiger partial charge is 0.493 e. The average molecular weight is 380 g/mol. The molecule has 2 aliphatic carbocycles. The number of hydrogen-bond acceptors (Lipinski definition) is 6. The van der Waals surface area contributed by atoms with E-state index in [4.69, 9.17) is 20.6 Å². The van der Waals surface area contributed by atoms with Gasteiger partial charge in [0.2, 0.25) is 5.75 Å². The summed E-state index contributed by atoms with van der Waals surface area (Å²) in [5.74, 6) is 2.90. The van der Waals surface area contributed by atoms with Gasteiger partial charge in [0, 0.05) is 5.56 Å². The highest BCUT2D eigenvalue weighted by atomic mass is 16.5.